The lowest BCUT2D eigenvalue weighted by atomic mass is 10.1. The van der Waals surface area contributed by atoms with Crippen molar-refractivity contribution < 1.29 is 13.9 Å². The van der Waals surface area contributed by atoms with Gasteiger partial charge >= 0.3 is 6.01 Å². The van der Waals surface area contributed by atoms with Gasteiger partial charge in [-0.3, -0.25) is 4.79 Å². The summed E-state index contributed by atoms with van der Waals surface area (Å²) in [6, 6.07) is 13.5. The highest BCUT2D eigenvalue weighted by Crippen LogP contribution is 2.23. The Kier molecular flexibility index (Phi) is 5.41. The van der Waals surface area contributed by atoms with Gasteiger partial charge < -0.3 is 4.74 Å². The minimum Gasteiger partial charge on any atom is -0.466 e. The lowest BCUT2D eigenvalue weighted by molar-refractivity contribution is 0.0945. The largest absolute Gasteiger partial charge is 0.466 e. The third-order valence-electron chi connectivity index (χ3n) is 4.10. The molecule has 0 bridgehead atoms. The van der Waals surface area contributed by atoms with Crippen LogP contribution in [0.4, 0.5) is 4.39 Å². The fourth-order valence-electron chi connectivity index (χ4n) is 2.66. The van der Waals surface area contributed by atoms with Crippen LogP contribution >= 0.6 is 0 Å². The summed E-state index contributed by atoms with van der Waals surface area (Å²) in [6.45, 7) is 2.14. The van der Waals surface area contributed by atoms with Crippen LogP contribution in [-0.4, -0.2) is 27.8 Å². The van der Waals surface area contributed by atoms with Crippen molar-refractivity contribution in [1.29, 1.82) is 0 Å². The van der Waals surface area contributed by atoms with E-state index >= 15 is 0 Å². The molecule has 0 N–H and O–H groups in total. The second kappa shape index (κ2) is 7.91. The maximum absolute atomic E-state index is 14.2. The standard InChI is InChI=1S/C20H20FN3O2/c1-3-4-7-14-10-12-15(13-11-14)19(25)24-18(22-20(23-24)26-2)16-8-5-6-9-17(16)21/h5-6,8-13H,3-4,7H2,1-2H3. The Bertz CT molecular complexity index is 904. The number of hydrogen-bond donors (Lipinski definition) is 0. The van der Waals surface area contributed by atoms with Crippen molar-refractivity contribution in [1.82, 2.24) is 14.8 Å². The molecule has 0 atom stereocenters. The summed E-state index contributed by atoms with van der Waals surface area (Å²) in [7, 11) is 1.40. The van der Waals surface area contributed by atoms with Gasteiger partial charge in [0.15, 0.2) is 5.82 Å². The summed E-state index contributed by atoms with van der Waals surface area (Å²) in [5.41, 5.74) is 1.82. The summed E-state index contributed by atoms with van der Waals surface area (Å²) >= 11 is 0. The van der Waals surface area contributed by atoms with E-state index in [-0.39, 0.29) is 23.3 Å². The van der Waals surface area contributed by atoms with E-state index < -0.39 is 5.82 Å². The van der Waals surface area contributed by atoms with Gasteiger partial charge in [-0.2, -0.15) is 9.67 Å². The molecule has 1 heterocycles. The van der Waals surface area contributed by atoms with Crippen LogP contribution in [0.25, 0.3) is 11.4 Å². The molecule has 0 spiro atoms. The molecule has 1 aromatic heterocycles. The number of carbonyl (C=O) groups excluding carboxylic acids is 1. The number of aryl methyl sites for hydroxylation is 1. The average molecular weight is 353 g/mol. The van der Waals surface area contributed by atoms with Crippen molar-refractivity contribution in [3.8, 4) is 17.4 Å². The number of benzene rings is 2. The van der Waals surface area contributed by atoms with E-state index in [1.165, 1.54) is 18.7 Å². The van der Waals surface area contributed by atoms with Crippen molar-refractivity contribution in [2.24, 2.45) is 0 Å². The first-order chi connectivity index (χ1) is 12.6. The van der Waals surface area contributed by atoms with Crippen LogP contribution in [0.5, 0.6) is 6.01 Å². The molecule has 0 saturated heterocycles. The number of hydrogen-bond acceptors (Lipinski definition) is 4. The van der Waals surface area contributed by atoms with Gasteiger partial charge in [0.1, 0.15) is 5.82 Å². The number of halogens is 1. The fraction of sp³-hybridized carbons (Fsp3) is 0.250. The predicted molar refractivity (Wildman–Crippen MR) is 96.8 cm³/mol. The van der Waals surface area contributed by atoms with Crippen molar-refractivity contribution in [2.75, 3.05) is 7.11 Å². The molecule has 0 aliphatic rings. The highest BCUT2D eigenvalue weighted by atomic mass is 19.1. The molecular formula is C20H20FN3O2. The lowest BCUT2D eigenvalue weighted by Gasteiger charge is -2.06. The number of ether oxygens (including phenoxy) is 1. The van der Waals surface area contributed by atoms with Gasteiger partial charge in [-0.05, 0) is 42.7 Å². The zero-order chi connectivity index (χ0) is 18.5. The maximum Gasteiger partial charge on any atom is 0.336 e. The molecule has 0 aliphatic heterocycles. The molecule has 5 nitrogen and oxygen atoms in total. The van der Waals surface area contributed by atoms with Gasteiger partial charge in [-0.15, -0.1) is 5.10 Å². The zero-order valence-corrected chi connectivity index (χ0v) is 14.8. The Morgan fingerprint density at radius 3 is 2.54 bits per heavy atom. The number of nitrogens with zero attached hydrogens (tertiary/aromatic N) is 3. The van der Waals surface area contributed by atoms with Gasteiger partial charge in [0, 0.05) is 5.56 Å². The quantitative estimate of drug-likeness (QED) is 0.669. The molecule has 134 valence electrons. The SMILES string of the molecule is CCCCc1ccc(C(=O)n2nc(OC)nc2-c2ccccc2F)cc1. The third-order valence-corrected chi connectivity index (χ3v) is 4.10. The summed E-state index contributed by atoms with van der Waals surface area (Å²) in [5, 5.41) is 4.06. The monoisotopic (exact) mass is 353 g/mol. The van der Waals surface area contributed by atoms with Gasteiger partial charge in [0.2, 0.25) is 0 Å². The minimum absolute atomic E-state index is 0.0103. The second-order valence-electron chi connectivity index (χ2n) is 5.92. The van der Waals surface area contributed by atoms with E-state index in [9.17, 15) is 9.18 Å². The van der Waals surface area contributed by atoms with E-state index in [4.69, 9.17) is 4.74 Å². The Hall–Kier alpha value is -3.02. The Morgan fingerprint density at radius 1 is 1.15 bits per heavy atom. The molecule has 6 heteroatoms. The molecule has 0 amide bonds. The highest BCUT2D eigenvalue weighted by molar-refractivity contribution is 5.97. The number of carbonyl (C=O) groups is 1. The number of unbranched alkanes of at least 4 members (excludes halogenated alkanes) is 1. The Balaban J connectivity index is 1.97. The maximum atomic E-state index is 14.2. The molecule has 0 unspecified atom stereocenters. The van der Waals surface area contributed by atoms with Crippen molar-refractivity contribution >= 4 is 5.91 Å². The Morgan fingerprint density at radius 2 is 1.88 bits per heavy atom. The first-order valence-corrected chi connectivity index (χ1v) is 8.53. The van der Waals surface area contributed by atoms with Gasteiger partial charge in [-0.25, -0.2) is 4.39 Å². The molecule has 2 aromatic carbocycles. The van der Waals surface area contributed by atoms with Crippen molar-refractivity contribution in [2.45, 2.75) is 26.2 Å². The van der Waals surface area contributed by atoms with Gasteiger partial charge in [0.05, 0.1) is 12.7 Å². The molecule has 0 radical (unpaired) electrons. The van der Waals surface area contributed by atoms with Crippen LogP contribution < -0.4 is 4.74 Å². The van der Waals surface area contributed by atoms with E-state index in [0.29, 0.717) is 5.56 Å². The van der Waals surface area contributed by atoms with Crippen LogP contribution in [0.2, 0.25) is 0 Å². The number of aromatic nitrogens is 3. The zero-order valence-electron chi connectivity index (χ0n) is 14.8. The molecule has 0 aliphatic carbocycles. The second-order valence-corrected chi connectivity index (χ2v) is 5.92. The highest BCUT2D eigenvalue weighted by Gasteiger charge is 2.21. The summed E-state index contributed by atoms with van der Waals surface area (Å²) in [4.78, 5) is 17.0. The molecular weight excluding hydrogens is 333 g/mol. The van der Waals surface area contributed by atoms with Crippen molar-refractivity contribution in [3.05, 3.63) is 65.5 Å². The van der Waals surface area contributed by atoms with Crippen LogP contribution in [0.1, 0.15) is 35.7 Å². The van der Waals surface area contributed by atoms with E-state index in [0.717, 1.165) is 23.9 Å². The summed E-state index contributed by atoms with van der Waals surface area (Å²) in [6.07, 6.45) is 3.19. The molecule has 0 saturated carbocycles. The Labute approximate surface area is 151 Å². The van der Waals surface area contributed by atoms with Crippen LogP contribution in [-0.2, 0) is 6.42 Å². The minimum atomic E-state index is -0.480. The lowest BCUT2D eigenvalue weighted by Crippen LogP contribution is -2.15. The number of rotatable bonds is 6. The van der Waals surface area contributed by atoms with E-state index in [1.807, 2.05) is 12.1 Å². The third kappa shape index (κ3) is 3.64. The summed E-state index contributed by atoms with van der Waals surface area (Å²) < 4.78 is 20.3. The smallest absolute Gasteiger partial charge is 0.336 e. The fourth-order valence-corrected chi connectivity index (χ4v) is 2.66. The molecule has 3 aromatic rings. The number of methoxy groups -OCH3 is 1. The summed E-state index contributed by atoms with van der Waals surface area (Å²) in [5.74, 6) is -0.757. The normalized spacial score (nSPS) is 10.7. The van der Waals surface area contributed by atoms with Crippen LogP contribution in [0, 0.1) is 5.82 Å². The predicted octanol–water partition coefficient (Wildman–Crippen LogP) is 4.12. The van der Waals surface area contributed by atoms with Crippen molar-refractivity contribution in [3.63, 3.8) is 0 Å². The topological polar surface area (TPSA) is 57.0 Å². The first kappa shape index (κ1) is 17.8. The van der Waals surface area contributed by atoms with E-state index in [2.05, 4.69) is 17.0 Å². The van der Waals surface area contributed by atoms with Crippen LogP contribution in [0.15, 0.2) is 48.5 Å². The first-order valence-electron chi connectivity index (χ1n) is 8.53. The van der Waals surface area contributed by atoms with Gasteiger partial charge in [-0.1, -0.05) is 37.6 Å². The molecule has 3 rings (SSSR count). The average Bonchev–Trinajstić information content (AvgIpc) is 3.11. The van der Waals surface area contributed by atoms with Gasteiger partial charge in [0.25, 0.3) is 5.91 Å². The van der Waals surface area contributed by atoms with E-state index in [1.54, 1.807) is 30.3 Å². The molecule has 0 fully saturated rings. The van der Waals surface area contributed by atoms with Crippen LogP contribution in [0.3, 0.4) is 0 Å². The molecule has 26 heavy (non-hydrogen) atoms.